The third-order valence-corrected chi connectivity index (χ3v) is 13.1. The predicted molar refractivity (Wildman–Crippen MR) is 279 cm³/mol. The summed E-state index contributed by atoms with van der Waals surface area (Å²) in [5.41, 5.74) is 8.67. The third kappa shape index (κ3) is 34.0. The fraction of sp³-hybridized carbons (Fsp3) is 0.800. The molecular formula is C50H97N7O13S. The minimum atomic E-state index is -3.78. The average molecular weight is 1040 g/mol. The van der Waals surface area contributed by atoms with Crippen molar-refractivity contribution in [3.8, 4) is 0 Å². The van der Waals surface area contributed by atoms with Crippen LogP contribution in [0.1, 0.15) is 180 Å². The molecular weight excluding hydrogens is 939 g/mol. The summed E-state index contributed by atoms with van der Waals surface area (Å²) >= 11 is 0. The number of nitrogens with one attached hydrogen (secondary N) is 4. The van der Waals surface area contributed by atoms with Crippen LogP contribution in [0, 0.1) is 16.7 Å². The number of imidazole rings is 1. The monoisotopic (exact) mass is 1040 g/mol. The highest BCUT2D eigenvalue weighted by Crippen LogP contribution is 2.34. The Balaban J connectivity index is -0.000000677. The zero-order valence-electron chi connectivity index (χ0n) is 44.0. The molecule has 21 heteroatoms. The molecule has 0 saturated heterocycles. The van der Waals surface area contributed by atoms with Crippen molar-refractivity contribution < 1.29 is 65.4 Å². The van der Waals surface area contributed by atoms with Crippen LogP contribution in [0.15, 0.2) is 12.5 Å². The van der Waals surface area contributed by atoms with E-state index in [1.54, 1.807) is 54.8 Å². The molecule has 1 aromatic rings. The molecule has 1 heterocycles. The van der Waals surface area contributed by atoms with Gasteiger partial charge in [0.2, 0.25) is 23.6 Å². The molecule has 10 N–H and O–H groups in total. The topological polar surface area (TPSA) is 329 Å². The van der Waals surface area contributed by atoms with Gasteiger partial charge in [0.1, 0.15) is 18.2 Å². The summed E-state index contributed by atoms with van der Waals surface area (Å²) in [6.45, 7) is 11.5. The summed E-state index contributed by atoms with van der Waals surface area (Å²) < 4.78 is 40.0. The van der Waals surface area contributed by atoms with E-state index < -0.39 is 62.8 Å². The standard InChI is InChI=1S/C29H48N6O7.C21H43NO6S.3H2/c1-27(2,21(37)11-18(25(31)41)9-7-8-10-33-24(40)16-36)13-22(38)28(3,4)14-23(39)29(5,6)35-26(42)20(30)12-19-15-32-17-34-19;1-27-18-19-28-17-16-22-21(23)15-13-11-9-7-5-3-2-4-6-8-10-12-14-20-29(24,25)26;;;/h15,17-18,20,36H,7-14,16,30H2,1-6H3,(H2,31,41)(H,32,34)(H,33,40)(H,35,42);2-20H2,1H3,(H,22,23)(H,24,25,26);3*1H/t18-,20+;;;;/m1..../s1. The maximum Gasteiger partial charge on any atom is 0.264 e. The Morgan fingerprint density at radius 2 is 1.27 bits per heavy atom. The molecule has 0 saturated carbocycles. The zero-order valence-corrected chi connectivity index (χ0v) is 44.8. The minimum Gasteiger partial charge on any atom is -0.387 e. The van der Waals surface area contributed by atoms with Crippen molar-refractivity contribution in [3.05, 3.63) is 18.2 Å². The Morgan fingerprint density at radius 1 is 0.732 bits per heavy atom. The maximum atomic E-state index is 13.3. The minimum absolute atomic E-state index is 0. The van der Waals surface area contributed by atoms with E-state index >= 15 is 0 Å². The molecule has 1 rings (SSSR count). The second kappa shape index (κ2) is 36.7. The number of primary amides is 1. The van der Waals surface area contributed by atoms with Crippen molar-refractivity contribution in [2.24, 2.45) is 28.2 Å². The predicted octanol–water partition coefficient (Wildman–Crippen LogP) is 5.34. The Bertz CT molecular complexity index is 1840. The molecule has 1 aromatic heterocycles. The highest BCUT2D eigenvalue weighted by Gasteiger charge is 2.41. The number of ether oxygens (including phenoxy) is 2. The molecule has 20 nitrogen and oxygen atoms in total. The first kappa shape index (κ1) is 66.9. The third-order valence-electron chi connectivity index (χ3n) is 12.3. The quantitative estimate of drug-likeness (QED) is 0.0303. The summed E-state index contributed by atoms with van der Waals surface area (Å²) in [4.78, 5) is 93.9. The number of H-pyrrole nitrogens is 1. The van der Waals surface area contributed by atoms with Crippen LogP contribution >= 0.6 is 0 Å². The van der Waals surface area contributed by atoms with Gasteiger partial charge in [-0.25, -0.2) is 4.98 Å². The number of aliphatic hydroxyl groups excluding tert-OH is 1. The van der Waals surface area contributed by atoms with E-state index in [9.17, 15) is 42.0 Å². The summed E-state index contributed by atoms with van der Waals surface area (Å²) in [6.07, 6.45) is 19.2. The number of hydrogen-bond donors (Lipinski definition) is 8. The fourth-order valence-corrected chi connectivity index (χ4v) is 7.98. The molecule has 0 unspecified atom stereocenters. The van der Waals surface area contributed by atoms with Gasteiger partial charge in [-0.15, -0.1) is 0 Å². The number of nitrogens with zero attached hydrogens (tertiary/aromatic N) is 1. The van der Waals surface area contributed by atoms with E-state index in [0.717, 1.165) is 32.1 Å². The molecule has 2 atom stereocenters. The van der Waals surface area contributed by atoms with Crippen LogP contribution in [0.2, 0.25) is 0 Å². The van der Waals surface area contributed by atoms with Gasteiger partial charge in [-0.05, 0) is 39.5 Å². The van der Waals surface area contributed by atoms with Crippen LogP contribution in [-0.2, 0) is 59.6 Å². The normalized spacial score (nSPS) is 12.8. The van der Waals surface area contributed by atoms with Gasteiger partial charge in [-0.3, -0.25) is 38.1 Å². The SMILES string of the molecule is CC(C)(CC(=O)C(C)(C)CC(=O)C(C)(C)NC(=O)[C@@H](N)Cc1cnc[nH]1)C(=O)C[C@@H](CCCCNC(=O)CO)C(N)=O.COCCOCCNC(=O)CCCCCCCCCCCCCCCS(=O)(=O)O.[HH].[HH].[HH]. The number of ketones is 3. The number of amides is 4. The lowest BCUT2D eigenvalue weighted by atomic mass is 9.71. The Labute approximate surface area is 428 Å². The van der Waals surface area contributed by atoms with Crippen LogP contribution < -0.4 is 27.4 Å². The van der Waals surface area contributed by atoms with E-state index in [1.807, 2.05) is 0 Å². The number of hydrogen-bond acceptors (Lipinski definition) is 14. The lowest BCUT2D eigenvalue weighted by molar-refractivity contribution is -0.140. The van der Waals surface area contributed by atoms with E-state index in [2.05, 4.69) is 25.9 Å². The van der Waals surface area contributed by atoms with Crippen molar-refractivity contribution >= 4 is 51.1 Å². The lowest BCUT2D eigenvalue weighted by Crippen LogP contribution is -2.56. The van der Waals surface area contributed by atoms with Gasteiger partial charge in [0.25, 0.3) is 10.1 Å². The highest BCUT2D eigenvalue weighted by molar-refractivity contribution is 7.85. The molecule has 0 aromatic carbocycles. The van der Waals surface area contributed by atoms with Crippen molar-refractivity contribution in [3.63, 3.8) is 0 Å². The van der Waals surface area contributed by atoms with Gasteiger partial charge in [-0.2, -0.15) is 8.42 Å². The molecule has 0 bridgehead atoms. The number of aromatic amines is 1. The van der Waals surface area contributed by atoms with Crippen molar-refractivity contribution in [2.45, 2.75) is 188 Å². The highest BCUT2D eigenvalue weighted by atomic mass is 32.2. The largest absolute Gasteiger partial charge is 0.387 e. The van der Waals surface area contributed by atoms with Crippen LogP contribution in [-0.4, -0.2) is 133 Å². The Hall–Kier alpha value is -4.15. The first-order valence-corrected chi connectivity index (χ1v) is 27.0. The molecule has 416 valence electrons. The number of unbranched alkanes of at least 4 members (excludes halogenated alkanes) is 13. The van der Waals surface area contributed by atoms with Crippen molar-refractivity contribution in [1.82, 2.24) is 25.9 Å². The maximum absolute atomic E-state index is 13.3. The fourth-order valence-electron chi connectivity index (χ4n) is 7.41. The van der Waals surface area contributed by atoms with E-state index in [0.29, 0.717) is 70.7 Å². The van der Waals surface area contributed by atoms with Gasteiger partial charge in [-0.1, -0.05) is 105 Å². The number of nitrogens with two attached hydrogens (primary N) is 2. The molecule has 0 radical (unpaired) electrons. The smallest absolute Gasteiger partial charge is 0.264 e. The van der Waals surface area contributed by atoms with Gasteiger partial charge >= 0.3 is 0 Å². The second-order valence-corrected chi connectivity index (χ2v) is 21.9. The molecule has 0 aliphatic rings. The molecule has 0 fully saturated rings. The number of Topliss-reactive ketones (excluding diaryl/α,β-unsaturated/α-hetero) is 3. The van der Waals surface area contributed by atoms with Crippen molar-refractivity contribution in [1.29, 1.82) is 0 Å². The van der Waals surface area contributed by atoms with E-state index in [1.165, 1.54) is 51.3 Å². The number of methoxy groups -OCH3 is 1. The van der Waals surface area contributed by atoms with Crippen LogP contribution in [0.3, 0.4) is 0 Å². The van der Waals surface area contributed by atoms with E-state index in [-0.39, 0.29) is 59.0 Å². The molecule has 4 amide bonds. The Morgan fingerprint density at radius 3 is 1.79 bits per heavy atom. The van der Waals surface area contributed by atoms with Gasteiger partial charge in [0.05, 0.1) is 43.5 Å². The summed E-state index contributed by atoms with van der Waals surface area (Å²) in [7, 11) is -2.15. The van der Waals surface area contributed by atoms with E-state index in [4.69, 9.17) is 30.6 Å². The number of carbonyl (C=O) groups is 7. The number of carbonyl (C=O) groups excluding carboxylic acids is 7. The number of rotatable bonds is 42. The number of aliphatic hydroxyl groups is 1. The second-order valence-electron chi connectivity index (χ2n) is 20.3. The molecule has 0 aliphatic carbocycles. The van der Waals surface area contributed by atoms with Gasteiger partial charge < -0.3 is 47.0 Å². The summed E-state index contributed by atoms with van der Waals surface area (Å²) in [5, 5.41) is 16.8. The Kier molecular flexibility index (Phi) is 34.6. The molecule has 0 spiro atoms. The molecule has 0 aliphatic heterocycles. The van der Waals surface area contributed by atoms with Crippen molar-refractivity contribution in [2.75, 3.05) is 52.4 Å². The van der Waals surface area contributed by atoms with Gasteiger partial charge in [0.15, 0.2) is 5.78 Å². The lowest BCUT2D eigenvalue weighted by Gasteiger charge is -2.33. The molecule has 71 heavy (non-hydrogen) atoms. The first-order valence-electron chi connectivity index (χ1n) is 25.4. The summed E-state index contributed by atoms with van der Waals surface area (Å²) in [6, 6.07) is -0.907. The van der Waals surface area contributed by atoms with Gasteiger partial charge in [0, 0.05) is 85.2 Å². The zero-order chi connectivity index (χ0) is 53.9. The summed E-state index contributed by atoms with van der Waals surface area (Å²) in [5.74, 6) is -3.32. The van der Waals surface area contributed by atoms with Crippen LogP contribution in [0.4, 0.5) is 0 Å². The van der Waals surface area contributed by atoms with Crippen LogP contribution in [0.25, 0.3) is 0 Å². The first-order chi connectivity index (χ1) is 33.3. The van der Waals surface area contributed by atoms with Crippen LogP contribution in [0.5, 0.6) is 0 Å². The average Bonchev–Trinajstić information content (AvgIpc) is 3.80. The number of aromatic nitrogens is 2.